The van der Waals surface area contributed by atoms with Crippen molar-refractivity contribution >= 4 is 11.5 Å². The van der Waals surface area contributed by atoms with E-state index in [0.717, 1.165) is 29.8 Å². The van der Waals surface area contributed by atoms with Crippen LogP contribution in [0.1, 0.15) is 37.9 Å². The topological polar surface area (TPSA) is 66.2 Å². The van der Waals surface area contributed by atoms with Crippen LogP contribution in [0.5, 0.6) is 5.75 Å². The predicted octanol–water partition coefficient (Wildman–Crippen LogP) is 2.99. The number of aromatic nitrogens is 3. The van der Waals surface area contributed by atoms with E-state index >= 15 is 0 Å². The van der Waals surface area contributed by atoms with Crippen LogP contribution in [0.25, 0.3) is 5.57 Å². The number of rotatable bonds is 8. The van der Waals surface area contributed by atoms with Crippen LogP contribution in [-0.2, 0) is 16.6 Å². The largest absolute Gasteiger partial charge is 0.494 e. The third-order valence-electron chi connectivity index (χ3n) is 3.47. The average Bonchev–Trinajstić information content (AvgIpc) is 3.00. The molecule has 1 aromatic heterocycles. The molecule has 0 amide bonds. The van der Waals surface area contributed by atoms with E-state index in [-0.39, 0.29) is 0 Å². The SMILES string of the molecule is CCCCOc1ccc(C(=CC(=O)OCC)c2cnnn2C)cc1. The summed E-state index contributed by atoms with van der Waals surface area (Å²) in [6.45, 7) is 4.93. The van der Waals surface area contributed by atoms with Gasteiger partial charge < -0.3 is 9.47 Å². The maximum absolute atomic E-state index is 11.9. The van der Waals surface area contributed by atoms with E-state index in [9.17, 15) is 4.79 Å². The minimum absolute atomic E-state index is 0.330. The summed E-state index contributed by atoms with van der Waals surface area (Å²) in [5, 5.41) is 7.82. The van der Waals surface area contributed by atoms with Gasteiger partial charge in [-0.2, -0.15) is 0 Å². The second kappa shape index (κ2) is 8.86. The number of aryl methyl sites for hydroxylation is 1. The van der Waals surface area contributed by atoms with Crippen molar-refractivity contribution in [1.29, 1.82) is 0 Å². The summed E-state index contributed by atoms with van der Waals surface area (Å²) < 4.78 is 12.3. The number of hydrogen-bond acceptors (Lipinski definition) is 5. The Bertz CT molecular complexity index is 690. The van der Waals surface area contributed by atoms with Crippen LogP contribution in [0.2, 0.25) is 0 Å². The van der Waals surface area contributed by atoms with Gasteiger partial charge in [-0.3, -0.25) is 0 Å². The van der Waals surface area contributed by atoms with Crippen molar-refractivity contribution in [3.63, 3.8) is 0 Å². The molecule has 1 heterocycles. The van der Waals surface area contributed by atoms with Gasteiger partial charge in [0.1, 0.15) is 5.75 Å². The molecule has 24 heavy (non-hydrogen) atoms. The van der Waals surface area contributed by atoms with Gasteiger partial charge >= 0.3 is 5.97 Å². The Morgan fingerprint density at radius 2 is 2.00 bits per heavy atom. The lowest BCUT2D eigenvalue weighted by molar-refractivity contribution is -0.137. The molecule has 0 atom stereocenters. The summed E-state index contributed by atoms with van der Waals surface area (Å²) >= 11 is 0. The molecule has 6 heteroatoms. The quantitative estimate of drug-likeness (QED) is 0.423. The highest BCUT2D eigenvalue weighted by Crippen LogP contribution is 2.24. The first-order valence-electron chi connectivity index (χ1n) is 8.12. The van der Waals surface area contributed by atoms with Gasteiger partial charge in [0.05, 0.1) is 25.1 Å². The van der Waals surface area contributed by atoms with Crippen LogP contribution < -0.4 is 4.74 Å². The van der Waals surface area contributed by atoms with Gasteiger partial charge in [0.25, 0.3) is 0 Å². The Kier molecular flexibility index (Phi) is 6.54. The van der Waals surface area contributed by atoms with E-state index in [1.54, 1.807) is 24.9 Å². The number of esters is 1. The molecule has 0 radical (unpaired) electrons. The number of nitrogens with zero attached hydrogens (tertiary/aromatic N) is 3. The first-order valence-corrected chi connectivity index (χ1v) is 8.12. The van der Waals surface area contributed by atoms with E-state index < -0.39 is 5.97 Å². The van der Waals surface area contributed by atoms with E-state index in [1.807, 2.05) is 24.3 Å². The van der Waals surface area contributed by atoms with E-state index in [1.165, 1.54) is 6.08 Å². The van der Waals surface area contributed by atoms with E-state index in [2.05, 4.69) is 17.2 Å². The van der Waals surface area contributed by atoms with Gasteiger partial charge in [-0.25, -0.2) is 9.48 Å². The van der Waals surface area contributed by atoms with Crippen molar-refractivity contribution in [3.05, 3.63) is 47.8 Å². The number of ether oxygens (including phenoxy) is 2. The summed E-state index contributed by atoms with van der Waals surface area (Å²) in [6.07, 6.45) is 5.21. The van der Waals surface area contributed by atoms with Crippen molar-refractivity contribution in [1.82, 2.24) is 15.0 Å². The maximum atomic E-state index is 11.9. The summed E-state index contributed by atoms with van der Waals surface area (Å²) in [5.41, 5.74) is 2.32. The highest BCUT2D eigenvalue weighted by Gasteiger charge is 2.13. The predicted molar refractivity (Wildman–Crippen MR) is 91.6 cm³/mol. The Labute approximate surface area is 142 Å². The number of carbonyl (C=O) groups is 1. The monoisotopic (exact) mass is 329 g/mol. The normalized spacial score (nSPS) is 11.4. The molecule has 6 nitrogen and oxygen atoms in total. The van der Waals surface area contributed by atoms with Crippen molar-refractivity contribution in [2.45, 2.75) is 26.7 Å². The third kappa shape index (κ3) is 4.68. The minimum atomic E-state index is -0.392. The Morgan fingerprint density at radius 3 is 2.58 bits per heavy atom. The second-order valence-electron chi connectivity index (χ2n) is 5.28. The third-order valence-corrected chi connectivity index (χ3v) is 3.47. The molecule has 0 saturated carbocycles. The van der Waals surface area contributed by atoms with Gasteiger partial charge in [-0.1, -0.05) is 30.7 Å². The molecular weight excluding hydrogens is 306 g/mol. The van der Waals surface area contributed by atoms with Gasteiger partial charge in [0.2, 0.25) is 0 Å². The molecule has 0 spiro atoms. The molecular formula is C18H23N3O3. The highest BCUT2D eigenvalue weighted by molar-refractivity contribution is 5.95. The highest BCUT2D eigenvalue weighted by atomic mass is 16.5. The van der Waals surface area contributed by atoms with Crippen LogP contribution in [0.15, 0.2) is 36.5 Å². The maximum Gasteiger partial charge on any atom is 0.331 e. The molecule has 1 aromatic carbocycles. The smallest absolute Gasteiger partial charge is 0.331 e. The number of unbranched alkanes of at least 4 members (excludes halogenated alkanes) is 1. The van der Waals surface area contributed by atoms with Crippen LogP contribution >= 0.6 is 0 Å². The number of carbonyl (C=O) groups excluding carboxylic acids is 1. The van der Waals surface area contributed by atoms with Crippen molar-refractivity contribution in [2.75, 3.05) is 13.2 Å². The average molecular weight is 329 g/mol. The van der Waals surface area contributed by atoms with Gasteiger partial charge in [-0.05, 0) is 31.0 Å². The summed E-state index contributed by atoms with van der Waals surface area (Å²) in [6, 6.07) is 7.63. The molecule has 0 saturated heterocycles. The van der Waals surface area contributed by atoms with Gasteiger partial charge in [0.15, 0.2) is 0 Å². The molecule has 0 unspecified atom stereocenters. The minimum Gasteiger partial charge on any atom is -0.494 e. The van der Waals surface area contributed by atoms with E-state index in [4.69, 9.17) is 9.47 Å². The standard InChI is InChI=1S/C18H23N3O3/c1-4-6-11-24-15-9-7-14(8-10-15)16(12-18(22)23-5-2)17-13-19-20-21(17)3/h7-10,12-13H,4-6,11H2,1-3H3. The van der Waals surface area contributed by atoms with Gasteiger partial charge in [0, 0.05) is 18.7 Å². The van der Waals surface area contributed by atoms with Gasteiger partial charge in [-0.15, -0.1) is 5.10 Å². The Balaban J connectivity index is 2.27. The lowest BCUT2D eigenvalue weighted by Crippen LogP contribution is -2.05. The molecule has 0 aliphatic carbocycles. The summed E-state index contributed by atoms with van der Waals surface area (Å²) in [5.74, 6) is 0.419. The van der Waals surface area contributed by atoms with Crippen LogP contribution in [0.3, 0.4) is 0 Å². The molecule has 0 aliphatic rings. The van der Waals surface area contributed by atoms with Crippen LogP contribution in [-0.4, -0.2) is 34.2 Å². The van der Waals surface area contributed by atoms with Crippen molar-refractivity contribution in [2.24, 2.45) is 7.05 Å². The first-order chi connectivity index (χ1) is 11.7. The van der Waals surface area contributed by atoms with E-state index in [0.29, 0.717) is 18.8 Å². The van der Waals surface area contributed by atoms with Crippen molar-refractivity contribution in [3.8, 4) is 5.75 Å². The zero-order valence-electron chi connectivity index (χ0n) is 14.4. The van der Waals surface area contributed by atoms with Crippen LogP contribution in [0.4, 0.5) is 0 Å². The fourth-order valence-corrected chi connectivity index (χ4v) is 2.21. The molecule has 2 aromatic rings. The lowest BCUT2D eigenvalue weighted by Gasteiger charge is -2.10. The fourth-order valence-electron chi connectivity index (χ4n) is 2.21. The molecule has 128 valence electrons. The molecule has 0 aliphatic heterocycles. The number of benzene rings is 1. The molecule has 2 rings (SSSR count). The zero-order valence-corrected chi connectivity index (χ0v) is 14.4. The summed E-state index contributed by atoms with van der Waals surface area (Å²) in [7, 11) is 1.78. The fraction of sp³-hybridized carbons (Fsp3) is 0.389. The second-order valence-corrected chi connectivity index (χ2v) is 5.28. The first kappa shape index (κ1) is 17.7. The van der Waals surface area contributed by atoms with Crippen LogP contribution in [0, 0.1) is 0 Å². The number of hydrogen-bond donors (Lipinski definition) is 0. The van der Waals surface area contributed by atoms with Crippen molar-refractivity contribution < 1.29 is 14.3 Å². The molecule has 0 fully saturated rings. The lowest BCUT2D eigenvalue weighted by atomic mass is 10.0. The summed E-state index contributed by atoms with van der Waals surface area (Å²) in [4.78, 5) is 11.9. The Hall–Kier alpha value is -2.63. The molecule has 0 N–H and O–H groups in total. The Morgan fingerprint density at radius 1 is 1.25 bits per heavy atom. The zero-order chi connectivity index (χ0) is 17.4. The molecule has 0 bridgehead atoms.